The number of hydrogen-bond acceptors (Lipinski definition) is 4. The summed E-state index contributed by atoms with van der Waals surface area (Å²) in [6.45, 7) is 12.4. The Hall–Kier alpha value is -1.16. The predicted molar refractivity (Wildman–Crippen MR) is 76.9 cm³/mol. The van der Waals surface area contributed by atoms with E-state index in [0.29, 0.717) is 0 Å². The van der Waals surface area contributed by atoms with Gasteiger partial charge in [-0.25, -0.2) is 9.97 Å². The van der Waals surface area contributed by atoms with E-state index in [0.717, 1.165) is 50.7 Å². The smallest absolute Gasteiger partial charge is 0.136 e. The van der Waals surface area contributed by atoms with Gasteiger partial charge in [0.15, 0.2) is 0 Å². The van der Waals surface area contributed by atoms with Gasteiger partial charge in [-0.2, -0.15) is 0 Å². The molecule has 0 aromatic carbocycles. The minimum absolute atomic E-state index is 0.843. The average Bonchev–Trinajstić information content (AvgIpc) is 2.37. The molecule has 4 nitrogen and oxygen atoms in total. The number of nitrogens with zero attached hydrogens (tertiary/aromatic N) is 3. The van der Waals surface area contributed by atoms with Crippen LogP contribution in [-0.2, 0) is 6.54 Å². The van der Waals surface area contributed by atoms with E-state index in [-0.39, 0.29) is 0 Å². The summed E-state index contributed by atoms with van der Waals surface area (Å²) in [5.41, 5.74) is 1.20. The van der Waals surface area contributed by atoms with Crippen LogP contribution in [-0.4, -0.2) is 29.6 Å². The molecule has 0 saturated carbocycles. The first-order valence-electron chi connectivity index (χ1n) is 7.01. The molecule has 0 unspecified atom stereocenters. The molecule has 1 aromatic rings. The second-order valence-electron chi connectivity index (χ2n) is 4.53. The lowest BCUT2D eigenvalue weighted by atomic mass is 10.2. The molecule has 1 N–H and O–H groups in total. The maximum absolute atomic E-state index is 4.64. The number of hydrogen-bond donors (Lipinski definition) is 1. The lowest BCUT2D eigenvalue weighted by Gasteiger charge is -2.25. The minimum atomic E-state index is 0.843. The summed E-state index contributed by atoms with van der Waals surface area (Å²) < 4.78 is 0. The highest BCUT2D eigenvalue weighted by Crippen LogP contribution is 2.18. The molecule has 0 aliphatic rings. The van der Waals surface area contributed by atoms with E-state index in [1.807, 2.05) is 13.1 Å². The van der Waals surface area contributed by atoms with Crippen molar-refractivity contribution in [2.75, 3.05) is 24.5 Å². The zero-order valence-corrected chi connectivity index (χ0v) is 12.2. The number of nitrogens with one attached hydrogen (secondary N) is 1. The molecule has 0 fully saturated rings. The van der Waals surface area contributed by atoms with Gasteiger partial charge in [-0.3, -0.25) is 0 Å². The van der Waals surface area contributed by atoms with Crippen molar-refractivity contribution >= 4 is 5.82 Å². The van der Waals surface area contributed by atoms with Gasteiger partial charge in [0.1, 0.15) is 11.6 Å². The third-order valence-corrected chi connectivity index (χ3v) is 2.81. The van der Waals surface area contributed by atoms with Gasteiger partial charge >= 0.3 is 0 Å². The zero-order chi connectivity index (χ0) is 13.4. The molecule has 18 heavy (non-hydrogen) atoms. The van der Waals surface area contributed by atoms with Crippen LogP contribution in [0.15, 0.2) is 6.20 Å². The molecule has 0 amide bonds. The Morgan fingerprint density at radius 3 is 2.39 bits per heavy atom. The van der Waals surface area contributed by atoms with Crippen molar-refractivity contribution in [1.82, 2.24) is 15.3 Å². The molecule has 0 radical (unpaired) electrons. The molecule has 0 saturated heterocycles. The Labute approximate surface area is 111 Å². The van der Waals surface area contributed by atoms with Gasteiger partial charge in [0.25, 0.3) is 0 Å². The van der Waals surface area contributed by atoms with E-state index in [1.54, 1.807) is 0 Å². The van der Waals surface area contributed by atoms with Crippen LogP contribution >= 0.6 is 0 Å². The van der Waals surface area contributed by atoms with Gasteiger partial charge in [0.2, 0.25) is 0 Å². The average molecular weight is 250 g/mol. The summed E-state index contributed by atoms with van der Waals surface area (Å²) in [7, 11) is 0. The molecule has 1 aromatic heterocycles. The molecular formula is C14H26N4. The Bertz CT molecular complexity index is 346. The lowest BCUT2D eigenvalue weighted by molar-refractivity contribution is 0.691. The molecule has 1 heterocycles. The zero-order valence-electron chi connectivity index (χ0n) is 12.2. The summed E-state index contributed by atoms with van der Waals surface area (Å²) in [4.78, 5) is 11.3. The highest BCUT2D eigenvalue weighted by atomic mass is 15.2. The monoisotopic (exact) mass is 250 g/mol. The van der Waals surface area contributed by atoms with Gasteiger partial charge in [-0.1, -0.05) is 20.8 Å². The van der Waals surface area contributed by atoms with E-state index in [9.17, 15) is 0 Å². The van der Waals surface area contributed by atoms with E-state index in [2.05, 4.69) is 41.0 Å². The van der Waals surface area contributed by atoms with Gasteiger partial charge < -0.3 is 10.2 Å². The molecule has 4 heteroatoms. The SMILES string of the molecule is CCCN(CCC)c1nc(C)ncc1CNCC. The summed E-state index contributed by atoms with van der Waals surface area (Å²) in [6.07, 6.45) is 4.24. The van der Waals surface area contributed by atoms with E-state index in [4.69, 9.17) is 0 Å². The highest BCUT2D eigenvalue weighted by Gasteiger charge is 2.12. The molecule has 0 aliphatic carbocycles. The summed E-state index contributed by atoms with van der Waals surface area (Å²) in [6, 6.07) is 0. The second kappa shape index (κ2) is 8.03. The topological polar surface area (TPSA) is 41.1 Å². The van der Waals surface area contributed by atoms with Crippen LogP contribution in [0, 0.1) is 6.92 Å². The van der Waals surface area contributed by atoms with Crippen LogP contribution in [0.1, 0.15) is 45.0 Å². The Kier molecular flexibility index (Phi) is 6.65. The largest absolute Gasteiger partial charge is 0.356 e. The Morgan fingerprint density at radius 1 is 1.17 bits per heavy atom. The van der Waals surface area contributed by atoms with Crippen molar-refractivity contribution in [3.63, 3.8) is 0 Å². The first kappa shape index (κ1) is 14.9. The van der Waals surface area contributed by atoms with Crippen LogP contribution in [0.2, 0.25) is 0 Å². The van der Waals surface area contributed by atoms with Gasteiger partial charge in [0, 0.05) is 31.4 Å². The Balaban J connectivity index is 2.96. The van der Waals surface area contributed by atoms with Crippen molar-refractivity contribution in [3.8, 4) is 0 Å². The summed E-state index contributed by atoms with van der Waals surface area (Å²) >= 11 is 0. The number of anilines is 1. The molecule has 0 atom stereocenters. The predicted octanol–water partition coefficient (Wildman–Crippen LogP) is 2.52. The molecule has 102 valence electrons. The van der Waals surface area contributed by atoms with Crippen molar-refractivity contribution in [2.45, 2.75) is 47.1 Å². The maximum Gasteiger partial charge on any atom is 0.136 e. The van der Waals surface area contributed by atoms with Crippen LogP contribution in [0.5, 0.6) is 0 Å². The maximum atomic E-state index is 4.64. The molecule has 0 aliphatic heterocycles. The normalized spacial score (nSPS) is 10.7. The standard InChI is InChI=1S/C14H26N4/c1-5-8-18(9-6-2)14-13(10-15-7-3)11-16-12(4)17-14/h11,15H,5-10H2,1-4H3. The third kappa shape index (κ3) is 4.26. The third-order valence-electron chi connectivity index (χ3n) is 2.81. The lowest BCUT2D eigenvalue weighted by Crippen LogP contribution is -2.28. The summed E-state index contributed by atoms with van der Waals surface area (Å²) in [5, 5.41) is 3.36. The van der Waals surface area contributed by atoms with E-state index < -0.39 is 0 Å². The van der Waals surface area contributed by atoms with E-state index >= 15 is 0 Å². The number of aryl methyl sites for hydroxylation is 1. The fourth-order valence-corrected chi connectivity index (χ4v) is 2.00. The second-order valence-corrected chi connectivity index (χ2v) is 4.53. The molecular weight excluding hydrogens is 224 g/mol. The van der Waals surface area contributed by atoms with Crippen LogP contribution in [0.25, 0.3) is 0 Å². The van der Waals surface area contributed by atoms with E-state index in [1.165, 1.54) is 5.56 Å². The van der Waals surface area contributed by atoms with Crippen LogP contribution in [0.3, 0.4) is 0 Å². The van der Waals surface area contributed by atoms with Crippen LogP contribution in [0.4, 0.5) is 5.82 Å². The first-order chi connectivity index (χ1) is 8.72. The van der Waals surface area contributed by atoms with Gasteiger partial charge in [-0.05, 0) is 26.3 Å². The van der Waals surface area contributed by atoms with Gasteiger partial charge in [0.05, 0.1) is 0 Å². The molecule has 0 spiro atoms. The minimum Gasteiger partial charge on any atom is -0.356 e. The number of aromatic nitrogens is 2. The van der Waals surface area contributed by atoms with Crippen molar-refractivity contribution < 1.29 is 0 Å². The Morgan fingerprint density at radius 2 is 1.83 bits per heavy atom. The first-order valence-corrected chi connectivity index (χ1v) is 7.01. The number of rotatable bonds is 8. The van der Waals surface area contributed by atoms with Gasteiger partial charge in [-0.15, -0.1) is 0 Å². The van der Waals surface area contributed by atoms with Crippen molar-refractivity contribution in [3.05, 3.63) is 17.6 Å². The quantitative estimate of drug-likeness (QED) is 0.769. The summed E-state index contributed by atoms with van der Waals surface area (Å²) in [5.74, 6) is 1.95. The van der Waals surface area contributed by atoms with Crippen molar-refractivity contribution in [1.29, 1.82) is 0 Å². The van der Waals surface area contributed by atoms with Crippen LogP contribution < -0.4 is 10.2 Å². The molecule has 1 rings (SSSR count). The molecule has 0 bridgehead atoms. The highest BCUT2D eigenvalue weighted by molar-refractivity contribution is 5.46. The van der Waals surface area contributed by atoms with Crippen molar-refractivity contribution in [2.24, 2.45) is 0 Å². The fourth-order valence-electron chi connectivity index (χ4n) is 2.00. The fraction of sp³-hybridized carbons (Fsp3) is 0.714.